The van der Waals surface area contributed by atoms with E-state index in [1.807, 2.05) is 51.2 Å². The highest BCUT2D eigenvalue weighted by Crippen LogP contribution is 2.22. The van der Waals surface area contributed by atoms with Gasteiger partial charge in [-0.3, -0.25) is 9.48 Å². The van der Waals surface area contributed by atoms with Crippen LogP contribution < -0.4 is 9.47 Å². The third kappa shape index (κ3) is 3.53. The summed E-state index contributed by atoms with van der Waals surface area (Å²) in [6.45, 7) is 5.14. The second-order valence-corrected chi connectivity index (χ2v) is 6.09. The maximum Gasteiger partial charge on any atom is 0.260 e. The topological polar surface area (TPSA) is 56.6 Å². The number of carbonyl (C=O) groups is 1. The van der Waals surface area contributed by atoms with Gasteiger partial charge in [0, 0.05) is 20.0 Å². The van der Waals surface area contributed by atoms with Crippen LogP contribution in [0.1, 0.15) is 17.8 Å². The lowest BCUT2D eigenvalue weighted by atomic mass is 10.3. The van der Waals surface area contributed by atoms with Crippen molar-refractivity contribution in [2.75, 3.05) is 19.7 Å². The Kier molecular flexibility index (Phi) is 4.74. The van der Waals surface area contributed by atoms with E-state index < -0.39 is 0 Å². The number of likely N-dealkylation sites (tertiary alicyclic amines) is 1. The molecule has 0 spiro atoms. The number of nitrogens with zero attached hydrogens (tertiary/aromatic N) is 3. The lowest BCUT2D eigenvalue weighted by Gasteiger charge is -2.17. The summed E-state index contributed by atoms with van der Waals surface area (Å²) in [6.07, 6.45) is 0.879. The standard InChI is InChI=1S/C18H23N3O3/c1-13-18(14(2)20(3)19-13)23-12-17(22)21-10-9-16(11-21)24-15-7-5-4-6-8-15/h4-8,16H,9-12H2,1-3H3. The fourth-order valence-electron chi connectivity index (χ4n) is 2.93. The Labute approximate surface area is 142 Å². The normalized spacial score (nSPS) is 17.1. The number of hydrogen-bond donors (Lipinski definition) is 0. The average molecular weight is 329 g/mol. The molecule has 0 aliphatic carbocycles. The van der Waals surface area contributed by atoms with E-state index in [0.717, 1.165) is 23.6 Å². The molecule has 3 rings (SSSR count). The zero-order chi connectivity index (χ0) is 17.1. The van der Waals surface area contributed by atoms with Gasteiger partial charge in [-0.15, -0.1) is 0 Å². The van der Waals surface area contributed by atoms with Crippen molar-refractivity contribution in [3.05, 3.63) is 41.7 Å². The molecular formula is C18H23N3O3. The third-order valence-electron chi connectivity index (χ3n) is 4.33. The fraction of sp³-hybridized carbons (Fsp3) is 0.444. The number of amides is 1. The van der Waals surface area contributed by atoms with Crippen LogP contribution in [0.5, 0.6) is 11.5 Å². The van der Waals surface area contributed by atoms with E-state index in [1.165, 1.54) is 0 Å². The molecule has 1 amide bonds. The fourth-order valence-corrected chi connectivity index (χ4v) is 2.93. The molecule has 1 fully saturated rings. The van der Waals surface area contributed by atoms with Crippen molar-refractivity contribution in [3.63, 3.8) is 0 Å². The third-order valence-corrected chi connectivity index (χ3v) is 4.33. The van der Waals surface area contributed by atoms with Crippen LogP contribution in [0.25, 0.3) is 0 Å². The van der Waals surface area contributed by atoms with Gasteiger partial charge in [-0.05, 0) is 26.0 Å². The van der Waals surface area contributed by atoms with Gasteiger partial charge in [0.25, 0.3) is 5.91 Å². The first-order valence-electron chi connectivity index (χ1n) is 8.17. The molecule has 2 aromatic rings. The van der Waals surface area contributed by atoms with Gasteiger partial charge in [0.2, 0.25) is 0 Å². The molecule has 0 saturated carbocycles. The summed E-state index contributed by atoms with van der Waals surface area (Å²) in [6, 6.07) is 9.71. The molecule has 1 atom stereocenters. The SMILES string of the molecule is Cc1nn(C)c(C)c1OCC(=O)N1CCC(Oc2ccccc2)C1. The minimum atomic E-state index is -0.0168. The van der Waals surface area contributed by atoms with Gasteiger partial charge in [0.05, 0.1) is 12.2 Å². The summed E-state index contributed by atoms with van der Waals surface area (Å²) in [5.74, 6) is 1.52. The van der Waals surface area contributed by atoms with Gasteiger partial charge in [0.1, 0.15) is 17.5 Å². The number of para-hydroxylation sites is 1. The van der Waals surface area contributed by atoms with Crippen molar-refractivity contribution in [2.24, 2.45) is 7.05 Å². The van der Waals surface area contributed by atoms with E-state index in [9.17, 15) is 4.79 Å². The van der Waals surface area contributed by atoms with Crippen molar-refractivity contribution in [1.82, 2.24) is 14.7 Å². The van der Waals surface area contributed by atoms with Crippen LogP contribution in [0.4, 0.5) is 0 Å². The van der Waals surface area contributed by atoms with Crippen molar-refractivity contribution in [1.29, 1.82) is 0 Å². The van der Waals surface area contributed by atoms with Crippen LogP contribution in [-0.4, -0.2) is 46.4 Å². The van der Waals surface area contributed by atoms with E-state index in [-0.39, 0.29) is 18.6 Å². The molecule has 1 aliphatic heterocycles. The predicted molar refractivity (Wildman–Crippen MR) is 90.2 cm³/mol. The van der Waals surface area contributed by atoms with Crippen LogP contribution in [0.2, 0.25) is 0 Å². The number of benzene rings is 1. The van der Waals surface area contributed by atoms with Gasteiger partial charge in [-0.25, -0.2) is 0 Å². The lowest BCUT2D eigenvalue weighted by molar-refractivity contribution is -0.132. The highest BCUT2D eigenvalue weighted by molar-refractivity contribution is 5.78. The molecule has 128 valence electrons. The maximum atomic E-state index is 12.4. The molecule has 1 aliphatic rings. The van der Waals surface area contributed by atoms with Crippen molar-refractivity contribution in [2.45, 2.75) is 26.4 Å². The minimum absolute atomic E-state index is 0.0168. The number of ether oxygens (including phenoxy) is 2. The Hall–Kier alpha value is -2.50. The predicted octanol–water partition coefficient (Wildman–Crippen LogP) is 2.10. The van der Waals surface area contributed by atoms with Crippen LogP contribution in [0.3, 0.4) is 0 Å². The quantitative estimate of drug-likeness (QED) is 0.843. The Bertz CT molecular complexity index is 712. The van der Waals surface area contributed by atoms with E-state index in [2.05, 4.69) is 5.10 Å². The smallest absolute Gasteiger partial charge is 0.260 e. The monoisotopic (exact) mass is 329 g/mol. The minimum Gasteiger partial charge on any atom is -0.489 e. The molecule has 24 heavy (non-hydrogen) atoms. The van der Waals surface area contributed by atoms with E-state index >= 15 is 0 Å². The zero-order valence-corrected chi connectivity index (χ0v) is 14.4. The number of rotatable bonds is 5. The molecule has 1 unspecified atom stereocenters. The summed E-state index contributed by atoms with van der Waals surface area (Å²) < 4.78 is 13.4. The average Bonchev–Trinajstić information content (AvgIpc) is 3.12. The number of aryl methyl sites for hydroxylation is 2. The molecule has 6 heteroatoms. The molecule has 1 aromatic carbocycles. The van der Waals surface area contributed by atoms with E-state index in [1.54, 1.807) is 9.58 Å². The number of carbonyl (C=O) groups excluding carboxylic acids is 1. The summed E-state index contributed by atoms with van der Waals surface area (Å²) in [4.78, 5) is 14.2. The van der Waals surface area contributed by atoms with Gasteiger partial charge in [-0.2, -0.15) is 5.10 Å². The molecule has 1 aromatic heterocycles. The molecule has 0 radical (unpaired) electrons. The second kappa shape index (κ2) is 6.95. The first-order chi connectivity index (χ1) is 11.5. The molecule has 1 saturated heterocycles. The Morgan fingerprint density at radius 1 is 1.29 bits per heavy atom. The van der Waals surface area contributed by atoms with Crippen LogP contribution >= 0.6 is 0 Å². The van der Waals surface area contributed by atoms with Crippen LogP contribution in [0, 0.1) is 13.8 Å². The summed E-state index contributed by atoms with van der Waals surface area (Å²) in [7, 11) is 1.86. The molecule has 2 heterocycles. The Morgan fingerprint density at radius 2 is 2.04 bits per heavy atom. The van der Waals surface area contributed by atoms with E-state index in [4.69, 9.17) is 9.47 Å². The first-order valence-corrected chi connectivity index (χ1v) is 8.17. The Balaban J connectivity index is 1.51. The maximum absolute atomic E-state index is 12.4. The van der Waals surface area contributed by atoms with Gasteiger partial charge >= 0.3 is 0 Å². The Morgan fingerprint density at radius 3 is 2.71 bits per heavy atom. The van der Waals surface area contributed by atoms with Gasteiger partial charge in [0.15, 0.2) is 12.4 Å². The molecule has 0 bridgehead atoms. The van der Waals surface area contributed by atoms with Crippen molar-refractivity contribution >= 4 is 5.91 Å². The van der Waals surface area contributed by atoms with Crippen LogP contribution in [0.15, 0.2) is 30.3 Å². The highest BCUT2D eigenvalue weighted by atomic mass is 16.5. The zero-order valence-electron chi connectivity index (χ0n) is 14.4. The largest absolute Gasteiger partial charge is 0.489 e. The summed E-state index contributed by atoms with van der Waals surface area (Å²) in [5.41, 5.74) is 1.72. The molecule has 0 N–H and O–H groups in total. The molecule has 6 nitrogen and oxygen atoms in total. The second-order valence-electron chi connectivity index (χ2n) is 6.09. The van der Waals surface area contributed by atoms with Crippen molar-refractivity contribution in [3.8, 4) is 11.5 Å². The van der Waals surface area contributed by atoms with Gasteiger partial charge < -0.3 is 14.4 Å². The van der Waals surface area contributed by atoms with Crippen molar-refractivity contribution < 1.29 is 14.3 Å². The number of aromatic nitrogens is 2. The highest BCUT2D eigenvalue weighted by Gasteiger charge is 2.28. The van der Waals surface area contributed by atoms with Gasteiger partial charge in [-0.1, -0.05) is 18.2 Å². The number of hydrogen-bond acceptors (Lipinski definition) is 4. The lowest BCUT2D eigenvalue weighted by Crippen LogP contribution is -2.34. The van der Waals surface area contributed by atoms with E-state index in [0.29, 0.717) is 18.8 Å². The van der Waals surface area contributed by atoms with Crippen LogP contribution in [-0.2, 0) is 11.8 Å². The first kappa shape index (κ1) is 16.4. The summed E-state index contributed by atoms with van der Waals surface area (Å²) in [5, 5.41) is 4.29. The molecular weight excluding hydrogens is 306 g/mol. The summed E-state index contributed by atoms with van der Waals surface area (Å²) >= 11 is 0.